The van der Waals surface area contributed by atoms with Crippen LogP contribution in [-0.2, 0) is 11.6 Å². The van der Waals surface area contributed by atoms with Gasteiger partial charge in [0.05, 0.1) is 11.0 Å². The zero-order valence-electron chi connectivity index (χ0n) is 72.7. The van der Waals surface area contributed by atoms with Crippen molar-refractivity contribution in [2.45, 2.75) is 11.6 Å². The summed E-state index contributed by atoms with van der Waals surface area (Å²) in [6, 6.07) is 185. The minimum absolute atomic E-state index is 0.452. The molecule has 0 aromatic heterocycles. The van der Waals surface area contributed by atoms with Crippen LogP contribution in [0.3, 0.4) is 0 Å². The van der Waals surface area contributed by atoms with E-state index in [2.05, 4.69) is 469 Å². The monoisotopic (exact) mass is 1710 g/mol. The van der Waals surface area contributed by atoms with Crippen LogP contribution in [0, 0.1) is 0 Å². The van der Waals surface area contributed by atoms with Gasteiger partial charge in [-0.3, -0.25) is 0 Å². The van der Waals surface area contributed by atoms with Gasteiger partial charge in [-0.05, 0) is 296 Å². The van der Waals surface area contributed by atoms with E-state index in [1.807, 2.05) is 54.6 Å². The van der Waals surface area contributed by atoms with Crippen LogP contribution >= 0.6 is 0 Å². The van der Waals surface area contributed by atoms with Crippen molar-refractivity contribution in [2.75, 3.05) is 19.6 Å². The Morgan fingerprint density at radius 2 is 0.353 bits per heavy atom. The molecule has 7 heteroatoms. The van der Waals surface area contributed by atoms with Crippen molar-refractivity contribution in [3.63, 3.8) is 0 Å². The molecule has 0 N–H and O–H groups in total. The smallest absolute Gasteiger partial charge is 0.311 e. The molecule has 0 radical (unpaired) electrons. The highest BCUT2D eigenvalue weighted by atomic mass is 19.4. The molecule has 22 aromatic rings. The second kappa shape index (κ2) is 35.5. The van der Waals surface area contributed by atoms with E-state index in [0.29, 0.717) is 0 Å². The number of hydrogen-bond donors (Lipinski definition) is 0. The van der Waals surface area contributed by atoms with Crippen LogP contribution in [0.4, 0.5) is 81.4 Å². The maximum Gasteiger partial charge on any atom is 0.416 e. The van der Waals surface area contributed by atoms with Gasteiger partial charge in [-0.1, -0.05) is 364 Å². The lowest BCUT2D eigenvalue weighted by atomic mass is 9.67. The van der Waals surface area contributed by atoms with Crippen LogP contribution in [0.15, 0.2) is 528 Å². The summed E-state index contributed by atoms with van der Waals surface area (Å²) < 4.78 is 40.5. The third-order valence-electron chi connectivity index (χ3n) is 26.0. The highest BCUT2D eigenvalue weighted by Gasteiger charge is 2.46. The highest BCUT2D eigenvalue weighted by molar-refractivity contribution is 6.23. The standard InChI is InChI=1S/C75H52N2.C51H35F3N2/c1-6-22-57(23-7-1)75(58-24-8-2-9-25-58)71-37-21-20-32-65(71)66-51-44-56(52-72(66)75)53-38-40-54(41-39-53)73-67-33-16-18-35-69(67)74(70-36-19-17-34-68(70)73)55-42-45-62(46-43-55)77(61-30-14-5-15-31-61)64-49-47-63(48-50-64)76(59-26-10-3-11-27-59)60-28-12-4-13-29-60;52-51(53,54)38-28-24-36(25-29-38)49-45-20-10-12-22-47(45)50(48-23-13-11-21-46(48)49)37-26-30-42(31-27-37)56(41-18-8-3-9-19-41)44-34-32-43(33-35-44)55(39-14-4-1-5-15-39)40-16-6-2-7-17-40/h1-52H;1-35H. The lowest BCUT2D eigenvalue weighted by molar-refractivity contribution is -0.137. The third kappa shape index (κ3) is 15.3. The molecule has 1 aliphatic carbocycles. The quantitative estimate of drug-likeness (QED) is 0.0748. The zero-order valence-corrected chi connectivity index (χ0v) is 72.7. The Morgan fingerprint density at radius 3 is 0.624 bits per heavy atom. The molecule has 0 bridgehead atoms. The normalized spacial score (nSPS) is 11.9. The lowest BCUT2D eigenvalue weighted by Gasteiger charge is -2.34. The topological polar surface area (TPSA) is 13.0 Å². The van der Waals surface area contributed by atoms with E-state index in [-0.39, 0.29) is 0 Å². The molecule has 0 amide bonds. The van der Waals surface area contributed by atoms with Crippen LogP contribution < -0.4 is 19.6 Å². The number of para-hydroxylation sites is 6. The summed E-state index contributed by atoms with van der Waals surface area (Å²) in [6.07, 6.45) is -4.40. The predicted octanol–water partition coefficient (Wildman–Crippen LogP) is 35.6. The number of anilines is 12. The third-order valence-corrected chi connectivity index (χ3v) is 26.0. The minimum atomic E-state index is -4.40. The Morgan fingerprint density at radius 1 is 0.158 bits per heavy atom. The fraction of sp³-hybridized carbons (Fsp3) is 0.0159. The molecular formula is C126H87F3N4. The number of rotatable bonds is 19. The van der Waals surface area contributed by atoms with Gasteiger partial charge in [0.15, 0.2) is 0 Å². The fourth-order valence-corrected chi connectivity index (χ4v) is 20.1. The van der Waals surface area contributed by atoms with Crippen LogP contribution in [0.5, 0.6) is 0 Å². The summed E-state index contributed by atoms with van der Waals surface area (Å²) in [5.41, 5.74) is 30.5. The van der Waals surface area contributed by atoms with E-state index < -0.39 is 17.2 Å². The maximum atomic E-state index is 13.5. The fourth-order valence-electron chi connectivity index (χ4n) is 20.1. The van der Waals surface area contributed by atoms with Gasteiger partial charge in [-0.25, -0.2) is 0 Å². The Hall–Kier alpha value is -17.1. The summed E-state index contributed by atoms with van der Waals surface area (Å²) in [5.74, 6) is 0. The molecule has 0 aliphatic heterocycles. The predicted molar refractivity (Wildman–Crippen MR) is 551 cm³/mol. The second-order valence-electron chi connectivity index (χ2n) is 33.6. The van der Waals surface area contributed by atoms with Gasteiger partial charge < -0.3 is 19.6 Å². The number of nitrogens with zero attached hydrogens (tertiary/aromatic N) is 4. The van der Waals surface area contributed by atoms with E-state index in [0.717, 1.165) is 112 Å². The van der Waals surface area contributed by atoms with Crippen molar-refractivity contribution in [2.24, 2.45) is 0 Å². The van der Waals surface area contributed by atoms with E-state index in [1.54, 1.807) is 12.1 Å². The number of benzene rings is 22. The summed E-state index contributed by atoms with van der Waals surface area (Å²) in [4.78, 5) is 9.16. The summed E-state index contributed by atoms with van der Waals surface area (Å²) in [7, 11) is 0. The molecule has 0 saturated carbocycles. The SMILES string of the molecule is FC(F)(F)c1ccc(-c2c3ccccc3c(-c3ccc(N(c4ccccc4)c4ccc(N(c5ccccc5)c5ccccc5)cc4)cc3)c3ccccc23)cc1.c1ccc(N(c2ccccc2)c2ccc(N(c3ccccc3)c3ccc(-c4c5ccccc5c(-c5ccc(-c6ccc7c(c6)C(c6ccccc6)(c6ccccc6)c6ccccc6-7)cc5)c5ccccc45)cc3)cc2)cc1. The Bertz CT molecular complexity index is 7660. The van der Waals surface area contributed by atoms with E-state index in [1.165, 1.54) is 100 Å². The van der Waals surface area contributed by atoms with Gasteiger partial charge in [-0.2, -0.15) is 13.2 Å². The molecule has 0 heterocycles. The molecule has 4 nitrogen and oxygen atoms in total. The average Bonchev–Trinajstić information content (AvgIpc) is 1.53. The molecular weight excluding hydrogens is 1630 g/mol. The Kier molecular flexibility index (Phi) is 21.8. The lowest BCUT2D eigenvalue weighted by Crippen LogP contribution is -2.28. The van der Waals surface area contributed by atoms with Gasteiger partial charge in [0.2, 0.25) is 0 Å². The van der Waals surface area contributed by atoms with Crippen molar-refractivity contribution >= 4 is 111 Å². The van der Waals surface area contributed by atoms with Crippen LogP contribution in [0.25, 0.3) is 110 Å². The van der Waals surface area contributed by atoms with E-state index >= 15 is 0 Å². The van der Waals surface area contributed by atoms with Crippen molar-refractivity contribution < 1.29 is 13.2 Å². The largest absolute Gasteiger partial charge is 0.416 e. The second-order valence-corrected chi connectivity index (χ2v) is 33.6. The number of halogens is 3. The molecule has 0 saturated heterocycles. The number of hydrogen-bond acceptors (Lipinski definition) is 4. The minimum Gasteiger partial charge on any atom is -0.311 e. The average molecular weight is 1710 g/mol. The Balaban J connectivity index is 0.000000163. The summed E-state index contributed by atoms with van der Waals surface area (Å²) in [6.45, 7) is 0. The molecule has 23 rings (SSSR count). The van der Waals surface area contributed by atoms with Gasteiger partial charge in [-0.15, -0.1) is 0 Å². The first-order valence-electron chi connectivity index (χ1n) is 45.1. The highest BCUT2D eigenvalue weighted by Crippen LogP contribution is 2.58. The first kappa shape index (κ1) is 81.6. The first-order chi connectivity index (χ1) is 65.7. The molecule has 0 spiro atoms. The Labute approximate surface area is 772 Å². The zero-order chi connectivity index (χ0) is 89.2. The van der Waals surface area contributed by atoms with Crippen LogP contribution in [-0.4, -0.2) is 0 Å². The number of alkyl halides is 3. The molecule has 0 fully saturated rings. The van der Waals surface area contributed by atoms with Crippen molar-refractivity contribution in [1.29, 1.82) is 0 Å². The molecule has 0 unspecified atom stereocenters. The van der Waals surface area contributed by atoms with Gasteiger partial charge in [0.1, 0.15) is 0 Å². The maximum absolute atomic E-state index is 13.5. The summed E-state index contributed by atoms with van der Waals surface area (Å²) in [5, 5.41) is 8.95. The van der Waals surface area contributed by atoms with Crippen molar-refractivity contribution in [1.82, 2.24) is 0 Å². The summed E-state index contributed by atoms with van der Waals surface area (Å²) >= 11 is 0. The van der Waals surface area contributed by atoms with E-state index in [4.69, 9.17) is 0 Å². The van der Waals surface area contributed by atoms with Crippen LogP contribution in [0.1, 0.15) is 27.8 Å². The molecule has 133 heavy (non-hydrogen) atoms. The number of fused-ring (bicyclic) bond motifs is 7. The molecule has 22 aromatic carbocycles. The van der Waals surface area contributed by atoms with Gasteiger partial charge in [0.25, 0.3) is 0 Å². The first-order valence-corrected chi connectivity index (χ1v) is 45.1. The molecule has 0 atom stereocenters. The molecule has 1 aliphatic rings. The van der Waals surface area contributed by atoms with Crippen molar-refractivity contribution in [3.05, 3.63) is 556 Å². The van der Waals surface area contributed by atoms with Gasteiger partial charge >= 0.3 is 6.18 Å². The van der Waals surface area contributed by atoms with E-state index in [9.17, 15) is 13.2 Å². The van der Waals surface area contributed by atoms with Crippen LogP contribution in [0.2, 0.25) is 0 Å². The van der Waals surface area contributed by atoms with Crippen molar-refractivity contribution in [3.8, 4) is 66.8 Å². The molecule has 632 valence electrons. The van der Waals surface area contributed by atoms with Gasteiger partial charge in [0, 0.05) is 68.2 Å².